The third kappa shape index (κ3) is 2.35. The van der Waals surface area contributed by atoms with Crippen molar-refractivity contribution in [1.29, 1.82) is 0 Å². The molecule has 0 spiro atoms. The monoisotopic (exact) mass is 275 g/mol. The molecule has 2 rings (SSSR count). The predicted octanol–water partition coefficient (Wildman–Crippen LogP) is 4.28. The lowest BCUT2D eigenvalue weighted by molar-refractivity contribution is 0.502. The zero-order valence-electron chi connectivity index (χ0n) is 9.17. The summed E-state index contributed by atoms with van der Waals surface area (Å²) < 4.78 is 0.0916. The largest absolute Gasteiger partial charge is 0.323 e. The Balaban J connectivity index is 2.32. The van der Waals surface area contributed by atoms with E-state index in [1.807, 2.05) is 23.9 Å². The highest BCUT2D eigenvalue weighted by molar-refractivity contribution is 8.00. The Morgan fingerprint density at radius 3 is 2.81 bits per heavy atom. The maximum atomic E-state index is 6.34. The highest BCUT2D eigenvalue weighted by atomic mass is 35.5. The van der Waals surface area contributed by atoms with Gasteiger partial charge in [0.2, 0.25) is 0 Å². The first-order valence-electron chi connectivity index (χ1n) is 5.37. The van der Waals surface area contributed by atoms with Crippen molar-refractivity contribution in [2.45, 2.75) is 30.6 Å². The van der Waals surface area contributed by atoms with Crippen LogP contribution in [-0.2, 0) is 0 Å². The van der Waals surface area contributed by atoms with Gasteiger partial charge in [0, 0.05) is 20.8 Å². The maximum Gasteiger partial charge on any atom is 0.0456 e. The Morgan fingerprint density at radius 1 is 1.44 bits per heavy atom. The maximum absolute atomic E-state index is 6.34. The van der Waals surface area contributed by atoms with Crippen molar-refractivity contribution >= 4 is 35.0 Å². The minimum Gasteiger partial charge on any atom is -0.323 e. The van der Waals surface area contributed by atoms with E-state index in [-0.39, 0.29) is 10.8 Å². The Labute approximate surface area is 111 Å². The van der Waals surface area contributed by atoms with Crippen LogP contribution in [0.1, 0.15) is 31.4 Å². The molecule has 0 aromatic heterocycles. The average molecular weight is 276 g/mol. The van der Waals surface area contributed by atoms with Gasteiger partial charge in [-0.1, -0.05) is 23.2 Å². The number of benzene rings is 1. The molecule has 1 nitrogen and oxygen atoms in total. The SMILES string of the molecule is CC1(C(N)c2cc(Cl)ccc2Cl)CCCS1. The molecule has 1 heterocycles. The fraction of sp³-hybridized carbons (Fsp3) is 0.500. The van der Waals surface area contributed by atoms with Crippen molar-refractivity contribution in [3.8, 4) is 0 Å². The summed E-state index contributed by atoms with van der Waals surface area (Å²) in [7, 11) is 0. The third-order valence-corrected chi connectivity index (χ3v) is 5.39. The molecule has 4 heteroatoms. The van der Waals surface area contributed by atoms with Crippen molar-refractivity contribution in [2.75, 3.05) is 5.75 Å². The smallest absolute Gasteiger partial charge is 0.0456 e. The number of hydrogen-bond donors (Lipinski definition) is 1. The van der Waals surface area contributed by atoms with Gasteiger partial charge in [-0.25, -0.2) is 0 Å². The van der Waals surface area contributed by atoms with Crippen molar-refractivity contribution in [1.82, 2.24) is 0 Å². The van der Waals surface area contributed by atoms with Gasteiger partial charge < -0.3 is 5.73 Å². The second kappa shape index (κ2) is 4.77. The first-order valence-corrected chi connectivity index (χ1v) is 7.11. The van der Waals surface area contributed by atoms with E-state index in [1.165, 1.54) is 12.2 Å². The minimum atomic E-state index is -0.0498. The van der Waals surface area contributed by atoms with E-state index in [4.69, 9.17) is 28.9 Å². The molecule has 2 unspecified atom stereocenters. The van der Waals surface area contributed by atoms with Gasteiger partial charge in [-0.3, -0.25) is 0 Å². The average Bonchev–Trinajstić information content (AvgIpc) is 2.69. The fourth-order valence-corrected chi connectivity index (χ4v) is 3.89. The highest BCUT2D eigenvalue weighted by Gasteiger charge is 2.37. The Morgan fingerprint density at radius 2 is 2.19 bits per heavy atom. The number of rotatable bonds is 2. The molecule has 1 aliphatic rings. The van der Waals surface area contributed by atoms with Crippen molar-refractivity contribution in [3.05, 3.63) is 33.8 Å². The quantitative estimate of drug-likeness (QED) is 0.872. The summed E-state index contributed by atoms with van der Waals surface area (Å²) in [6.45, 7) is 2.21. The van der Waals surface area contributed by atoms with E-state index in [2.05, 4.69) is 6.92 Å². The third-order valence-electron chi connectivity index (χ3n) is 3.20. The van der Waals surface area contributed by atoms with E-state index < -0.39 is 0 Å². The molecular weight excluding hydrogens is 261 g/mol. The molecule has 0 amide bonds. The van der Waals surface area contributed by atoms with Gasteiger partial charge >= 0.3 is 0 Å². The van der Waals surface area contributed by atoms with Crippen LogP contribution in [0.4, 0.5) is 0 Å². The van der Waals surface area contributed by atoms with E-state index >= 15 is 0 Å². The molecule has 88 valence electrons. The van der Waals surface area contributed by atoms with Gasteiger partial charge in [-0.05, 0) is 49.3 Å². The molecule has 1 aromatic carbocycles. The molecule has 0 bridgehead atoms. The van der Waals surface area contributed by atoms with E-state index in [1.54, 1.807) is 6.07 Å². The Hall–Kier alpha value is 0.110. The molecule has 0 saturated carbocycles. The summed E-state index contributed by atoms with van der Waals surface area (Å²) in [5, 5.41) is 1.41. The molecule has 1 saturated heterocycles. The molecule has 2 N–H and O–H groups in total. The van der Waals surface area contributed by atoms with Crippen molar-refractivity contribution < 1.29 is 0 Å². The normalized spacial score (nSPS) is 27.0. The van der Waals surface area contributed by atoms with Gasteiger partial charge in [-0.15, -0.1) is 0 Å². The minimum absolute atomic E-state index is 0.0498. The van der Waals surface area contributed by atoms with Crippen molar-refractivity contribution in [2.24, 2.45) is 5.73 Å². The van der Waals surface area contributed by atoms with Crippen LogP contribution in [0, 0.1) is 0 Å². The van der Waals surface area contributed by atoms with E-state index in [9.17, 15) is 0 Å². The lowest BCUT2D eigenvalue weighted by Crippen LogP contribution is -2.33. The standard InChI is InChI=1S/C12H15Cl2NS/c1-12(5-2-6-16-12)11(15)9-7-8(13)3-4-10(9)14/h3-4,7,11H,2,5-6,15H2,1H3. The summed E-state index contributed by atoms with van der Waals surface area (Å²) in [5.74, 6) is 1.18. The molecule has 1 aliphatic heterocycles. The van der Waals surface area contributed by atoms with Crippen LogP contribution in [0.15, 0.2) is 18.2 Å². The summed E-state index contributed by atoms with van der Waals surface area (Å²) in [6, 6.07) is 5.46. The van der Waals surface area contributed by atoms with Gasteiger partial charge in [0.05, 0.1) is 0 Å². The molecule has 1 fully saturated rings. The molecular formula is C12H15Cl2NS. The number of halogens is 2. The number of thioether (sulfide) groups is 1. The number of nitrogens with two attached hydrogens (primary N) is 1. The molecule has 16 heavy (non-hydrogen) atoms. The summed E-state index contributed by atoms with van der Waals surface area (Å²) in [6.07, 6.45) is 2.37. The first kappa shape index (κ1) is 12.6. The summed E-state index contributed by atoms with van der Waals surface area (Å²) in [5.41, 5.74) is 7.30. The topological polar surface area (TPSA) is 26.0 Å². The van der Waals surface area contributed by atoms with Crippen LogP contribution in [0.5, 0.6) is 0 Å². The lowest BCUT2D eigenvalue weighted by atomic mass is 9.91. The zero-order valence-corrected chi connectivity index (χ0v) is 11.5. The van der Waals surface area contributed by atoms with Gasteiger partial charge in [-0.2, -0.15) is 11.8 Å². The Bertz CT molecular complexity index is 389. The summed E-state index contributed by atoms with van der Waals surface area (Å²) >= 11 is 14.1. The molecule has 0 radical (unpaired) electrons. The highest BCUT2D eigenvalue weighted by Crippen LogP contribution is 2.46. The van der Waals surface area contributed by atoms with Crippen LogP contribution in [-0.4, -0.2) is 10.5 Å². The van der Waals surface area contributed by atoms with Crippen LogP contribution in [0.3, 0.4) is 0 Å². The molecule has 2 atom stereocenters. The fourth-order valence-electron chi connectivity index (χ4n) is 2.13. The summed E-state index contributed by atoms with van der Waals surface area (Å²) in [4.78, 5) is 0. The van der Waals surface area contributed by atoms with E-state index in [0.29, 0.717) is 10.0 Å². The van der Waals surface area contributed by atoms with Crippen molar-refractivity contribution in [3.63, 3.8) is 0 Å². The Kier molecular flexibility index (Phi) is 3.75. The second-order valence-corrected chi connectivity index (χ2v) is 6.88. The first-order chi connectivity index (χ1) is 7.53. The van der Waals surface area contributed by atoms with Crippen LogP contribution >= 0.6 is 35.0 Å². The lowest BCUT2D eigenvalue weighted by Gasteiger charge is -2.31. The molecule has 1 aromatic rings. The predicted molar refractivity (Wildman–Crippen MR) is 73.5 cm³/mol. The van der Waals surface area contributed by atoms with Crippen LogP contribution < -0.4 is 5.73 Å². The zero-order chi connectivity index (χ0) is 11.8. The van der Waals surface area contributed by atoms with E-state index in [0.717, 1.165) is 12.0 Å². The second-order valence-electron chi connectivity index (χ2n) is 4.41. The van der Waals surface area contributed by atoms with Gasteiger partial charge in [0.1, 0.15) is 0 Å². The van der Waals surface area contributed by atoms with Crippen LogP contribution in [0.2, 0.25) is 10.0 Å². The van der Waals surface area contributed by atoms with Gasteiger partial charge in [0.15, 0.2) is 0 Å². The molecule has 0 aliphatic carbocycles. The van der Waals surface area contributed by atoms with Gasteiger partial charge in [0.25, 0.3) is 0 Å². The number of hydrogen-bond acceptors (Lipinski definition) is 2. The van der Waals surface area contributed by atoms with Crippen LogP contribution in [0.25, 0.3) is 0 Å².